The van der Waals surface area contributed by atoms with Crippen LogP contribution in [0.1, 0.15) is 81.6 Å². The van der Waals surface area contributed by atoms with Gasteiger partial charge in [0, 0.05) is 41.4 Å². The summed E-state index contributed by atoms with van der Waals surface area (Å²) in [7, 11) is 0. The molecule has 0 aromatic carbocycles. The molecule has 2 N–H and O–H groups in total. The van der Waals surface area contributed by atoms with Gasteiger partial charge in [0.1, 0.15) is 5.69 Å². The molecule has 42 heavy (non-hydrogen) atoms. The number of carbonyl (C=O) groups excluding carboxylic acids is 2. The minimum Gasteiger partial charge on any atom is -0.348 e. The highest BCUT2D eigenvalue weighted by molar-refractivity contribution is 7.14. The van der Waals surface area contributed by atoms with E-state index < -0.39 is 0 Å². The van der Waals surface area contributed by atoms with Crippen LogP contribution in [0.25, 0.3) is 11.4 Å². The van der Waals surface area contributed by atoms with Crippen LogP contribution in [0, 0.1) is 12.8 Å². The highest BCUT2D eigenvalue weighted by Gasteiger charge is 2.16. The lowest BCUT2D eigenvalue weighted by Gasteiger charge is -2.20. The Hall–Kier alpha value is -3.85. The second kappa shape index (κ2) is 15.4. The van der Waals surface area contributed by atoms with Gasteiger partial charge in [0.05, 0.1) is 17.8 Å². The van der Waals surface area contributed by atoms with Crippen molar-refractivity contribution in [2.24, 2.45) is 5.92 Å². The van der Waals surface area contributed by atoms with E-state index >= 15 is 0 Å². The molecule has 0 saturated heterocycles. The smallest absolute Gasteiger partial charge is 0.253 e. The number of nitrogens with one attached hydrogen (secondary N) is 2. The minimum absolute atomic E-state index is 0.107. The van der Waals surface area contributed by atoms with Crippen molar-refractivity contribution in [3.8, 4) is 11.4 Å². The molecule has 0 aliphatic rings. The van der Waals surface area contributed by atoms with E-state index in [0.717, 1.165) is 23.7 Å². The third kappa shape index (κ3) is 9.91. The molecule has 0 bridgehead atoms. The molecule has 0 radical (unpaired) electrons. The zero-order chi connectivity index (χ0) is 30.7. The molecule has 4 aromatic heterocycles. The molecule has 8 nitrogen and oxygen atoms in total. The summed E-state index contributed by atoms with van der Waals surface area (Å²) in [5, 5.41) is 7.64. The molecule has 1 unspecified atom stereocenters. The fourth-order valence-electron chi connectivity index (χ4n) is 4.13. The molecule has 4 aromatic rings. The normalized spacial score (nSPS) is 11.8. The molecule has 0 aliphatic carbocycles. The number of aryl methyl sites for hydroxylation is 3. The average Bonchev–Trinajstić information content (AvgIpc) is 3.66. The first kappa shape index (κ1) is 32.7. The van der Waals surface area contributed by atoms with Gasteiger partial charge in [-0.15, -0.1) is 11.3 Å². The predicted molar refractivity (Wildman–Crippen MR) is 172 cm³/mol. The molecule has 1 atom stereocenters. The fraction of sp³-hybridized carbons (Fsp3) is 0.424. The van der Waals surface area contributed by atoms with Crippen LogP contribution in [0.4, 0.5) is 5.13 Å². The maximum absolute atomic E-state index is 12.2. The van der Waals surface area contributed by atoms with Crippen molar-refractivity contribution in [2.75, 3.05) is 11.9 Å². The van der Waals surface area contributed by atoms with E-state index in [-0.39, 0.29) is 23.9 Å². The number of rotatable bonds is 10. The molecule has 4 rings (SSSR count). The Morgan fingerprint density at radius 2 is 1.83 bits per heavy atom. The van der Waals surface area contributed by atoms with Crippen LogP contribution in [-0.4, -0.2) is 37.9 Å². The van der Waals surface area contributed by atoms with Gasteiger partial charge in [-0.05, 0) is 88.3 Å². The number of hydrogen-bond donors (Lipinski definition) is 2. The number of pyridine rings is 2. The summed E-state index contributed by atoms with van der Waals surface area (Å²) in [6.07, 6.45) is 12.4. The van der Waals surface area contributed by atoms with Gasteiger partial charge < -0.3 is 15.2 Å². The number of amides is 2. The van der Waals surface area contributed by atoms with Crippen molar-refractivity contribution in [3.05, 3.63) is 82.9 Å². The average molecular weight is 589 g/mol. The summed E-state index contributed by atoms with van der Waals surface area (Å²) in [5.41, 5.74) is 5.68. The molecule has 0 fully saturated rings. The first-order chi connectivity index (χ1) is 20.0. The van der Waals surface area contributed by atoms with Gasteiger partial charge in [-0.25, -0.2) is 4.98 Å². The van der Waals surface area contributed by atoms with Crippen LogP contribution >= 0.6 is 11.3 Å². The van der Waals surface area contributed by atoms with Crippen molar-refractivity contribution < 1.29 is 9.59 Å². The number of anilines is 1. The van der Waals surface area contributed by atoms with Crippen LogP contribution < -0.4 is 10.6 Å². The monoisotopic (exact) mass is 588 g/mol. The van der Waals surface area contributed by atoms with Crippen LogP contribution in [-0.2, 0) is 23.2 Å². The summed E-state index contributed by atoms with van der Waals surface area (Å²) < 4.78 is 1.96. The summed E-state index contributed by atoms with van der Waals surface area (Å²) in [6, 6.07) is 9.61. The maximum atomic E-state index is 12.2. The molecule has 2 amide bonds. The number of aromatic nitrogens is 4. The molecule has 9 heteroatoms. The van der Waals surface area contributed by atoms with Crippen molar-refractivity contribution in [1.82, 2.24) is 24.8 Å². The van der Waals surface area contributed by atoms with Crippen LogP contribution in [0.2, 0.25) is 0 Å². The second-order valence-corrected chi connectivity index (χ2v) is 12.3. The topological polar surface area (TPSA) is 102 Å². The maximum Gasteiger partial charge on any atom is 0.253 e. The molecule has 0 aliphatic heterocycles. The van der Waals surface area contributed by atoms with Crippen LogP contribution in [0.15, 0.2) is 60.5 Å². The van der Waals surface area contributed by atoms with E-state index in [4.69, 9.17) is 0 Å². The number of thiazole rings is 1. The SMILES string of the molecule is CCc1cnccc1CCC(C)CC.Cc1cccc(-c2csc(NC(=O)CNC(=O)c3ccn(C(C)(C)C)c3)n2)n1. The first-order valence-corrected chi connectivity index (χ1v) is 15.5. The van der Waals surface area contributed by atoms with Crippen molar-refractivity contribution in [2.45, 2.75) is 79.7 Å². The fourth-order valence-corrected chi connectivity index (χ4v) is 4.85. The zero-order valence-electron chi connectivity index (χ0n) is 25.9. The highest BCUT2D eigenvalue weighted by atomic mass is 32.1. The van der Waals surface area contributed by atoms with E-state index in [2.05, 4.69) is 73.2 Å². The molecule has 4 heterocycles. The van der Waals surface area contributed by atoms with E-state index in [9.17, 15) is 9.59 Å². The number of nitrogens with zero attached hydrogens (tertiary/aromatic N) is 4. The Bertz CT molecular complexity index is 1450. The van der Waals surface area contributed by atoms with Gasteiger partial charge in [-0.2, -0.15) is 0 Å². The quantitative estimate of drug-likeness (QED) is 0.206. The van der Waals surface area contributed by atoms with Gasteiger partial charge in [-0.1, -0.05) is 33.3 Å². The Labute approximate surface area is 254 Å². The summed E-state index contributed by atoms with van der Waals surface area (Å²) in [4.78, 5) is 37.3. The summed E-state index contributed by atoms with van der Waals surface area (Å²) >= 11 is 1.32. The van der Waals surface area contributed by atoms with E-state index in [1.165, 1.54) is 41.7 Å². The Morgan fingerprint density at radius 3 is 2.50 bits per heavy atom. The van der Waals surface area contributed by atoms with Gasteiger partial charge in [-0.3, -0.25) is 19.6 Å². The Kier molecular flexibility index (Phi) is 12.0. The van der Waals surface area contributed by atoms with Gasteiger partial charge in [0.25, 0.3) is 5.91 Å². The van der Waals surface area contributed by atoms with Crippen LogP contribution in [0.5, 0.6) is 0 Å². The third-order valence-corrected chi connectivity index (χ3v) is 7.79. The number of carbonyl (C=O) groups is 2. The Balaban J connectivity index is 0.000000291. The van der Waals surface area contributed by atoms with Gasteiger partial charge in [0.15, 0.2) is 5.13 Å². The molecule has 0 saturated carbocycles. The lowest BCUT2D eigenvalue weighted by molar-refractivity contribution is -0.115. The molecule has 0 spiro atoms. The highest BCUT2D eigenvalue weighted by Crippen LogP contribution is 2.23. The molecular weight excluding hydrogens is 544 g/mol. The molecular formula is C33H44N6O2S. The van der Waals surface area contributed by atoms with E-state index in [1.54, 1.807) is 12.3 Å². The van der Waals surface area contributed by atoms with Gasteiger partial charge >= 0.3 is 0 Å². The largest absolute Gasteiger partial charge is 0.348 e. The lowest BCUT2D eigenvalue weighted by Crippen LogP contribution is -2.32. The molecule has 224 valence electrons. The van der Waals surface area contributed by atoms with Crippen LogP contribution in [0.3, 0.4) is 0 Å². The lowest BCUT2D eigenvalue weighted by atomic mass is 9.96. The minimum atomic E-state index is -0.332. The van der Waals surface area contributed by atoms with E-state index in [1.807, 2.05) is 53.7 Å². The Morgan fingerprint density at radius 1 is 1.05 bits per heavy atom. The summed E-state index contributed by atoms with van der Waals surface area (Å²) in [6.45, 7) is 14.7. The van der Waals surface area contributed by atoms with E-state index in [0.29, 0.717) is 16.4 Å². The third-order valence-electron chi connectivity index (χ3n) is 7.03. The van der Waals surface area contributed by atoms with Gasteiger partial charge in [0.2, 0.25) is 5.91 Å². The second-order valence-electron chi connectivity index (χ2n) is 11.5. The standard InChI is InChI=1S/C20H23N5O2S.C13H21N/c1-13-6-5-7-15(22-13)16-12-28-19(23-16)24-17(26)10-21-18(27)14-8-9-25(11-14)20(2,3)4;1-4-11(3)6-7-13-8-9-14-10-12(13)5-2/h5-9,11-12H,10H2,1-4H3,(H,21,27)(H,23,24,26);8-11H,4-7H2,1-3H3. The van der Waals surface area contributed by atoms with Crippen molar-refractivity contribution >= 4 is 28.3 Å². The van der Waals surface area contributed by atoms with Crippen molar-refractivity contribution in [1.29, 1.82) is 0 Å². The zero-order valence-corrected chi connectivity index (χ0v) is 26.7. The predicted octanol–water partition coefficient (Wildman–Crippen LogP) is 7.06. The first-order valence-electron chi connectivity index (χ1n) is 14.6. The number of hydrogen-bond acceptors (Lipinski definition) is 6. The summed E-state index contributed by atoms with van der Waals surface area (Å²) in [5.74, 6) is 0.219. The van der Waals surface area contributed by atoms with Crippen molar-refractivity contribution in [3.63, 3.8) is 0 Å².